The highest BCUT2D eigenvalue weighted by atomic mass is 16.5. The van der Waals surface area contributed by atoms with E-state index in [0.29, 0.717) is 5.92 Å². The first-order valence-corrected chi connectivity index (χ1v) is 9.30. The third-order valence-corrected chi connectivity index (χ3v) is 4.09. The van der Waals surface area contributed by atoms with Crippen molar-refractivity contribution in [2.45, 2.75) is 52.7 Å². The van der Waals surface area contributed by atoms with Crippen molar-refractivity contribution in [2.75, 3.05) is 26.7 Å². The quantitative estimate of drug-likeness (QED) is 0.365. The summed E-state index contributed by atoms with van der Waals surface area (Å²) in [6.07, 6.45) is 5.01. The van der Waals surface area contributed by atoms with Crippen LogP contribution in [0.15, 0.2) is 34.2 Å². The molecule has 0 saturated carbocycles. The lowest BCUT2D eigenvalue weighted by molar-refractivity contribution is 0.0258. The minimum Gasteiger partial charge on any atom is -0.378 e. The molecule has 1 unspecified atom stereocenters. The predicted molar refractivity (Wildman–Crippen MR) is 104 cm³/mol. The van der Waals surface area contributed by atoms with Gasteiger partial charge in [-0.2, -0.15) is 0 Å². The molecule has 0 aromatic carbocycles. The van der Waals surface area contributed by atoms with Crippen molar-refractivity contribution in [3.05, 3.63) is 34.7 Å². The minimum atomic E-state index is 0.0574. The van der Waals surface area contributed by atoms with Crippen LogP contribution < -0.4 is 16.2 Å². The number of nitrogens with one attached hydrogen (secondary N) is 2. The summed E-state index contributed by atoms with van der Waals surface area (Å²) < 4.78 is 7.50. The number of nitrogens with zero attached hydrogens (tertiary/aromatic N) is 2. The smallest absolute Gasteiger partial charge is 0.250 e. The van der Waals surface area contributed by atoms with Gasteiger partial charge in [0.1, 0.15) is 0 Å². The Morgan fingerprint density at radius 2 is 2.00 bits per heavy atom. The summed E-state index contributed by atoms with van der Waals surface area (Å²) in [7, 11) is 1.78. The Kier molecular flexibility index (Phi) is 10.6. The van der Waals surface area contributed by atoms with Gasteiger partial charge >= 0.3 is 0 Å². The lowest BCUT2D eigenvalue weighted by Gasteiger charge is -2.21. The fourth-order valence-electron chi connectivity index (χ4n) is 2.64. The highest BCUT2D eigenvalue weighted by Crippen LogP contribution is 2.09. The summed E-state index contributed by atoms with van der Waals surface area (Å²) in [6.45, 7) is 9.57. The van der Waals surface area contributed by atoms with Crippen LogP contribution in [0.25, 0.3) is 0 Å². The highest BCUT2D eigenvalue weighted by Gasteiger charge is 2.12. The maximum absolute atomic E-state index is 11.6. The van der Waals surface area contributed by atoms with Crippen molar-refractivity contribution in [3.63, 3.8) is 0 Å². The third kappa shape index (κ3) is 8.72. The van der Waals surface area contributed by atoms with Gasteiger partial charge in [0, 0.05) is 45.6 Å². The fraction of sp³-hybridized carbons (Fsp3) is 0.684. The van der Waals surface area contributed by atoms with E-state index in [4.69, 9.17) is 4.74 Å². The standard InChI is InChI=1S/C19H34N4O2/c1-5-25-17(16(2)3)11-13-22-19(20-4)21-12-7-9-15-23-14-8-6-10-18(23)24/h6,8,10,14,16-17H,5,7,9,11-13,15H2,1-4H3,(H2,20,21,22). The molecule has 1 aromatic heterocycles. The number of aryl methyl sites for hydroxylation is 1. The number of ether oxygens (including phenoxy) is 1. The maximum Gasteiger partial charge on any atom is 0.250 e. The minimum absolute atomic E-state index is 0.0574. The molecule has 6 nitrogen and oxygen atoms in total. The molecule has 0 radical (unpaired) electrons. The maximum atomic E-state index is 11.6. The van der Waals surface area contributed by atoms with Crippen LogP contribution in [-0.2, 0) is 11.3 Å². The molecule has 1 aromatic rings. The summed E-state index contributed by atoms with van der Waals surface area (Å²) in [5.41, 5.74) is 0.0574. The summed E-state index contributed by atoms with van der Waals surface area (Å²) in [5.74, 6) is 1.33. The van der Waals surface area contributed by atoms with Crippen molar-refractivity contribution in [1.82, 2.24) is 15.2 Å². The van der Waals surface area contributed by atoms with Crippen LogP contribution in [0, 0.1) is 5.92 Å². The number of aliphatic imine (C=N–C) groups is 1. The molecule has 0 amide bonds. The molecule has 0 fully saturated rings. The van der Waals surface area contributed by atoms with Crippen molar-refractivity contribution >= 4 is 5.96 Å². The van der Waals surface area contributed by atoms with E-state index in [1.807, 2.05) is 19.2 Å². The lowest BCUT2D eigenvalue weighted by atomic mass is 10.0. The number of unbranched alkanes of at least 4 members (excludes halogenated alkanes) is 1. The predicted octanol–water partition coefficient (Wildman–Crippen LogP) is 2.24. The molecule has 0 bridgehead atoms. The van der Waals surface area contributed by atoms with Crippen LogP contribution in [0.1, 0.15) is 40.0 Å². The van der Waals surface area contributed by atoms with Crippen LogP contribution in [0.2, 0.25) is 0 Å². The van der Waals surface area contributed by atoms with Crippen molar-refractivity contribution in [1.29, 1.82) is 0 Å². The average molecular weight is 351 g/mol. The van der Waals surface area contributed by atoms with Gasteiger partial charge in [-0.15, -0.1) is 0 Å². The molecular weight excluding hydrogens is 316 g/mol. The number of aromatic nitrogens is 1. The number of hydrogen-bond donors (Lipinski definition) is 2. The first-order valence-electron chi connectivity index (χ1n) is 9.30. The Morgan fingerprint density at radius 3 is 2.64 bits per heavy atom. The zero-order chi connectivity index (χ0) is 18.5. The molecule has 0 aliphatic heterocycles. The van der Waals surface area contributed by atoms with Gasteiger partial charge in [0.25, 0.3) is 0 Å². The lowest BCUT2D eigenvalue weighted by Crippen LogP contribution is -2.39. The molecule has 2 N–H and O–H groups in total. The summed E-state index contributed by atoms with van der Waals surface area (Å²) in [6, 6.07) is 5.25. The fourth-order valence-corrected chi connectivity index (χ4v) is 2.64. The summed E-state index contributed by atoms with van der Waals surface area (Å²) in [5, 5.41) is 6.65. The Morgan fingerprint density at radius 1 is 1.24 bits per heavy atom. The second-order valence-electron chi connectivity index (χ2n) is 6.39. The topological polar surface area (TPSA) is 67.7 Å². The van der Waals surface area contributed by atoms with Crippen molar-refractivity contribution in [3.8, 4) is 0 Å². The number of rotatable bonds is 11. The van der Waals surface area contributed by atoms with Crippen LogP contribution >= 0.6 is 0 Å². The van der Waals surface area contributed by atoms with Gasteiger partial charge in [-0.1, -0.05) is 19.9 Å². The van der Waals surface area contributed by atoms with Gasteiger partial charge in [0.15, 0.2) is 5.96 Å². The van der Waals surface area contributed by atoms with E-state index < -0.39 is 0 Å². The molecule has 1 rings (SSSR count). The Labute approximate surface area is 151 Å². The van der Waals surface area contributed by atoms with E-state index in [2.05, 4.69) is 29.5 Å². The van der Waals surface area contributed by atoms with Gasteiger partial charge in [-0.3, -0.25) is 9.79 Å². The SMILES string of the molecule is CCOC(CCNC(=NC)NCCCCn1ccccc1=O)C(C)C. The largest absolute Gasteiger partial charge is 0.378 e. The number of pyridine rings is 1. The number of guanidine groups is 1. The van der Waals surface area contributed by atoms with Gasteiger partial charge in [-0.25, -0.2) is 0 Å². The van der Waals surface area contributed by atoms with Gasteiger partial charge in [0.05, 0.1) is 6.10 Å². The molecule has 1 atom stereocenters. The third-order valence-electron chi connectivity index (χ3n) is 4.09. The van der Waals surface area contributed by atoms with Crippen molar-refractivity contribution < 1.29 is 4.74 Å². The first kappa shape index (κ1) is 21.2. The molecule has 6 heteroatoms. The van der Waals surface area contributed by atoms with E-state index >= 15 is 0 Å². The van der Waals surface area contributed by atoms with Crippen LogP contribution in [0.3, 0.4) is 0 Å². The zero-order valence-corrected chi connectivity index (χ0v) is 16.1. The molecule has 0 saturated heterocycles. The Hall–Kier alpha value is -1.82. The van der Waals surface area contributed by atoms with E-state index in [0.717, 1.165) is 51.5 Å². The second-order valence-corrected chi connectivity index (χ2v) is 6.39. The summed E-state index contributed by atoms with van der Waals surface area (Å²) in [4.78, 5) is 15.9. The van der Waals surface area contributed by atoms with E-state index in [1.54, 1.807) is 23.7 Å². The van der Waals surface area contributed by atoms with Crippen molar-refractivity contribution in [2.24, 2.45) is 10.9 Å². The molecular formula is C19H34N4O2. The highest BCUT2D eigenvalue weighted by molar-refractivity contribution is 5.79. The zero-order valence-electron chi connectivity index (χ0n) is 16.1. The first-order chi connectivity index (χ1) is 12.1. The van der Waals surface area contributed by atoms with Crippen LogP contribution in [0.4, 0.5) is 0 Å². The normalized spacial score (nSPS) is 13.1. The second kappa shape index (κ2) is 12.5. The Bertz CT molecular complexity index is 554. The molecule has 0 spiro atoms. The molecule has 142 valence electrons. The van der Waals surface area contributed by atoms with Gasteiger partial charge in [-0.05, 0) is 38.2 Å². The molecule has 0 aliphatic rings. The van der Waals surface area contributed by atoms with E-state index in [-0.39, 0.29) is 11.7 Å². The van der Waals surface area contributed by atoms with E-state index in [1.165, 1.54) is 0 Å². The Balaban J connectivity index is 2.19. The molecule has 1 heterocycles. The van der Waals surface area contributed by atoms with Crippen LogP contribution in [-0.4, -0.2) is 43.4 Å². The molecule has 0 aliphatic carbocycles. The van der Waals surface area contributed by atoms with Gasteiger partial charge < -0.3 is 19.9 Å². The van der Waals surface area contributed by atoms with E-state index in [9.17, 15) is 4.79 Å². The summed E-state index contributed by atoms with van der Waals surface area (Å²) >= 11 is 0. The average Bonchev–Trinajstić information content (AvgIpc) is 2.60. The molecule has 25 heavy (non-hydrogen) atoms. The van der Waals surface area contributed by atoms with Gasteiger partial charge in [0.2, 0.25) is 5.56 Å². The number of hydrogen-bond acceptors (Lipinski definition) is 3. The van der Waals surface area contributed by atoms with Crippen LogP contribution in [0.5, 0.6) is 0 Å². The monoisotopic (exact) mass is 350 g/mol.